The number of anilines is 1. The van der Waals surface area contributed by atoms with Crippen molar-refractivity contribution in [2.24, 2.45) is 5.92 Å². The normalized spacial score (nSPS) is 17.4. The zero-order valence-corrected chi connectivity index (χ0v) is 13.2. The Balaban J connectivity index is 2.25. The topological polar surface area (TPSA) is 79.6 Å². The van der Waals surface area contributed by atoms with E-state index >= 15 is 0 Å². The van der Waals surface area contributed by atoms with Crippen LogP contribution in [0.1, 0.15) is 24.6 Å². The van der Waals surface area contributed by atoms with Gasteiger partial charge in [-0.25, -0.2) is 9.78 Å². The minimum Gasteiger partial charge on any atom is -0.493 e. The van der Waals surface area contributed by atoms with E-state index in [9.17, 15) is 4.79 Å². The lowest BCUT2D eigenvalue weighted by Gasteiger charge is -2.21. The Morgan fingerprint density at radius 3 is 2.96 bits per heavy atom. The summed E-state index contributed by atoms with van der Waals surface area (Å²) in [6.45, 7) is 2.24. The number of H-pyrrole nitrogens is 1. The largest absolute Gasteiger partial charge is 0.493 e. The number of aromatic amines is 1. The van der Waals surface area contributed by atoms with E-state index in [1.165, 1.54) is 5.56 Å². The molecule has 0 unspecified atom stereocenters. The number of benzene rings is 1. The monoisotopic (exact) mass is 311 g/mol. The van der Waals surface area contributed by atoms with Crippen LogP contribution in [0.4, 0.5) is 5.82 Å². The second kappa shape index (κ2) is 4.98. The number of hydrogen-bond acceptors (Lipinski definition) is 4. The van der Waals surface area contributed by atoms with Crippen LogP contribution in [0.5, 0.6) is 5.75 Å². The Bertz CT molecular complexity index is 991. The molecule has 3 aromatic rings. The van der Waals surface area contributed by atoms with E-state index in [4.69, 9.17) is 14.9 Å². The van der Waals surface area contributed by atoms with Gasteiger partial charge in [0.05, 0.1) is 7.11 Å². The smallest absolute Gasteiger partial charge is 0.352 e. The average molecular weight is 311 g/mol. The molecular formula is C18H19N2O3+. The molecule has 0 amide bonds. The Kier molecular flexibility index (Phi) is 3.04. The minimum absolute atomic E-state index is 0.381. The summed E-state index contributed by atoms with van der Waals surface area (Å²) in [6.07, 6.45) is 3.00. The van der Waals surface area contributed by atoms with Gasteiger partial charge in [-0.1, -0.05) is 19.1 Å². The second-order valence-electron chi connectivity index (χ2n) is 6.32. The molecular weight excluding hydrogens is 292 g/mol. The summed E-state index contributed by atoms with van der Waals surface area (Å²) in [5, 5.41) is 2.23. The maximum atomic E-state index is 12.5. The van der Waals surface area contributed by atoms with Crippen LogP contribution >= 0.6 is 0 Å². The Morgan fingerprint density at radius 2 is 2.17 bits per heavy atom. The molecule has 1 aromatic carbocycles. The first-order valence-corrected chi connectivity index (χ1v) is 7.86. The number of ether oxygens (including phenoxy) is 1. The summed E-state index contributed by atoms with van der Waals surface area (Å²) in [4.78, 5) is 15.7. The van der Waals surface area contributed by atoms with Crippen LogP contribution in [0.3, 0.4) is 0 Å². The molecule has 118 valence electrons. The number of pyridine rings is 1. The molecule has 4 rings (SSSR count). The van der Waals surface area contributed by atoms with E-state index in [0.29, 0.717) is 28.5 Å². The first-order valence-electron chi connectivity index (χ1n) is 7.86. The number of hydrogen-bond donors (Lipinski definition) is 1. The van der Waals surface area contributed by atoms with E-state index in [-0.39, 0.29) is 0 Å². The van der Waals surface area contributed by atoms with Gasteiger partial charge >= 0.3 is 5.63 Å². The van der Waals surface area contributed by atoms with E-state index in [1.807, 2.05) is 12.1 Å². The van der Waals surface area contributed by atoms with Gasteiger partial charge in [-0.2, -0.15) is 0 Å². The van der Waals surface area contributed by atoms with Crippen LogP contribution < -0.4 is 21.1 Å². The number of nitrogens with two attached hydrogens (primary N) is 1. The maximum Gasteiger partial charge on any atom is 0.352 e. The van der Waals surface area contributed by atoms with Gasteiger partial charge in [-0.15, -0.1) is 0 Å². The van der Waals surface area contributed by atoms with Crippen LogP contribution in [-0.2, 0) is 12.8 Å². The number of aryl methyl sites for hydroxylation is 1. The van der Waals surface area contributed by atoms with Crippen molar-refractivity contribution in [1.82, 2.24) is 0 Å². The molecule has 2 heterocycles. The Labute approximate surface area is 133 Å². The number of aromatic nitrogens is 1. The highest BCUT2D eigenvalue weighted by Gasteiger charge is 2.26. The molecule has 5 heteroatoms. The lowest BCUT2D eigenvalue weighted by atomic mass is 9.84. The predicted octanol–water partition coefficient (Wildman–Crippen LogP) is 2.48. The summed E-state index contributed by atoms with van der Waals surface area (Å²) < 4.78 is 10.9. The van der Waals surface area contributed by atoms with Gasteiger partial charge < -0.3 is 9.15 Å². The molecule has 1 aliphatic rings. The molecule has 23 heavy (non-hydrogen) atoms. The van der Waals surface area contributed by atoms with Crippen molar-refractivity contribution in [3.8, 4) is 5.75 Å². The van der Waals surface area contributed by atoms with Gasteiger partial charge in [-0.05, 0) is 24.8 Å². The van der Waals surface area contributed by atoms with Crippen LogP contribution in [0, 0.1) is 5.92 Å². The average Bonchev–Trinajstić information content (AvgIpc) is 2.54. The molecule has 1 aliphatic carbocycles. The van der Waals surface area contributed by atoms with Gasteiger partial charge in [0.15, 0.2) is 16.7 Å². The highest BCUT2D eigenvalue weighted by atomic mass is 16.5. The molecule has 3 N–H and O–H groups in total. The molecule has 0 spiro atoms. The van der Waals surface area contributed by atoms with E-state index in [0.717, 1.165) is 35.7 Å². The third kappa shape index (κ3) is 2.00. The Hall–Kier alpha value is -2.56. The van der Waals surface area contributed by atoms with Gasteiger partial charge in [0.25, 0.3) is 5.82 Å². The molecule has 5 nitrogen and oxygen atoms in total. The molecule has 0 aliphatic heterocycles. The van der Waals surface area contributed by atoms with Crippen molar-refractivity contribution < 1.29 is 14.1 Å². The molecule has 0 bridgehead atoms. The third-order valence-electron chi connectivity index (χ3n) is 4.78. The zero-order valence-electron chi connectivity index (χ0n) is 13.2. The predicted molar refractivity (Wildman–Crippen MR) is 88.7 cm³/mol. The summed E-state index contributed by atoms with van der Waals surface area (Å²) in [5.41, 5.74) is 8.50. The van der Waals surface area contributed by atoms with E-state index in [2.05, 4.69) is 11.9 Å². The number of fused-ring (bicyclic) bond motifs is 5. The number of nitrogen functional groups attached to an aromatic ring is 1. The number of rotatable bonds is 1. The van der Waals surface area contributed by atoms with Crippen LogP contribution in [0.2, 0.25) is 0 Å². The lowest BCUT2D eigenvalue weighted by Crippen LogP contribution is -2.27. The van der Waals surface area contributed by atoms with Crippen molar-refractivity contribution in [2.75, 3.05) is 12.8 Å². The third-order valence-corrected chi connectivity index (χ3v) is 4.78. The number of nitrogens with one attached hydrogen (secondary N) is 1. The second-order valence-corrected chi connectivity index (χ2v) is 6.32. The number of methoxy groups -OCH3 is 1. The fourth-order valence-corrected chi connectivity index (χ4v) is 3.65. The molecule has 2 aromatic heterocycles. The summed E-state index contributed by atoms with van der Waals surface area (Å²) >= 11 is 0. The van der Waals surface area contributed by atoms with Gasteiger partial charge in [0.1, 0.15) is 5.69 Å². The zero-order chi connectivity index (χ0) is 16.1. The van der Waals surface area contributed by atoms with Crippen molar-refractivity contribution in [3.63, 3.8) is 0 Å². The molecule has 0 saturated heterocycles. The highest BCUT2D eigenvalue weighted by molar-refractivity contribution is 6.10. The SMILES string of the molecule is COc1cccc2c1oc(=O)c1c(N)[nH+]c3c(c12)C[C@@H](C)CC3. The standard InChI is InChI=1S/C18H18N2O3/c1-9-6-7-12-11(8-9)14-10-4-3-5-13(22-2)16(10)23-18(21)15(14)17(19)20-12/h3-5,9H,6-8H2,1-2H3,(H2,19,20)/p+1/t9-/m0/s1. The molecule has 0 saturated carbocycles. The first kappa shape index (κ1) is 14.1. The summed E-state index contributed by atoms with van der Waals surface area (Å²) in [7, 11) is 1.57. The molecule has 0 radical (unpaired) electrons. The van der Waals surface area contributed by atoms with Crippen LogP contribution in [0.25, 0.3) is 21.7 Å². The minimum atomic E-state index is -0.424. The summed E-state index contributed by atoms with van der Waals surface area (Å²) in [6, 6.07) is 5.67. The molecule has 1 atom stereocenters. The molecule has 0 fully saturated rings. The van der Waals surface area contributed by atoms with E-state index < -0.39 is 5.63 Å². The lowest BCUT2D eigenvalue weighted by molar-refractivity contribution is -0.373. The first-order chi connectivity index (χ1) is 11.1. The fraction of sp³-hybridized carbons (Fsp3) is 0.333. The van der Waals surface area contributed by atoms with Gasteiger partial charge in [0, 0.05) is 22.8 Å². The quantitative estimate of drug-likeness (QED) is 0.553. The van der Waals surface area contributed by atoms with Crippen molar-refractivity contribution in [1.29, 1.82) is 0 Å². The van der Waals surface area contributed by atoms with E-state index in [1.54, 1.807) is 13.2 Å². The van der Waals surface area contributed by atoms with Crippen molar-refractivity contribution >= 4 is 27.6 Å². The number of para-hydroxylation sites is 1. The van der Waals surface area contributed by atoms with Crippen molar-refractivity contribution in [2.45, 2.75) is 26.2 Å². The van der Waals surface area contributed by atoms with Crippen LogP contribution in [0.15, 0.2) is 27.4 Å². The fourth-order valence-electron chi connectivity index (χ4n) is 3.65. The van der Waals surface area contributed by atoms with Crippen molar-refractivity contribution in [3.05, 3.63) is 39.9 Å². The van der Waals surface area contributed by atoms with Crippen LogP contribution in [-0.4, -0.2) is 7.11 Å². The Morgan fingerprint density at radius 1 is 1.35 bits per heavy atom. The van der Waals surface area contributed by atoms with Gasteiger partial charge in [-0.3, -0.25) is 5.73 Å². The summed E-state index contributed by atoms with van der Waals surface area (Å²) in [5.74, 6) is 1.52. The van der Waals surface area contributed by atoms with Gasteiger partial charge in [0.2, 0.25) is 0 Å². The highest BCUT2D eigenvalue weighted by Crippen LogP contribution is 2.36. The maximum absolute atomic E-state index is 12.5.